The second kappa shape index (κ2) is 2.72. The minimum Gasteiger partial charge on any atom is -0.199 e. The van der Waals surface area contributed by atoms with Crippen LogP contribution >= 0.6 is 0 Å². The second-order valence-electron chi connectivity index (χ2n) is 1.86. The van der Waals surface area contributed by atoms with Crippen LogP contribution in [0.15, 0.2) is 6.20 Å². The highest BCUT2D eigenvalue weighted by molar-refractivity contribution is 5.02. The van der Waals surface area contributed by atoms with Crippen LogP contribution in [0.2, 0.25) is 0 Å². The first kappa shape index (κ1) is 8.95. The summed E-state index contributed by atoms with van der Waals surface area (Å²) in [7, 11) is 0. The maximum absolute atomic E-state index is 11.8. The molecule has 0 saturated carbocycles. The van der Waals surface area contributed by atoms with E-state index in [-0.39, 0.29) is 0 Å². The normalized spacial score (nSPS) is 12.5. The molecule has 0 aliphatic carbocycles. The van der Waals surface area contributed by atoms with Crippen LogP contribution in [0.4, 0.5) is 22.0 Å². The van der Waals surface area contributed by atoms with E-state index in [9.17, 15) is 22.0 Å². The third-order valence-corrected chi connectivity index (χ3v) is 1.07. The zero-order valence-corrected chi connectivity index (χ0v) is 5.44. The average molecular weight is 185 g/mol. The van der Waals surface area contributed by atoms with Crippen molar-refractivity contribution in [2.75, 3.05) is 0 Å². The Kier molecular flexibility index (Phi) is 2.03. The van der Waals surface area contributed by atoms with Crippen molar-refractivity contribution < 1.29 is 22.0 Å². The molecule has 0 aromatic carbocycles. The smallest absolute Gasteiger partial charge is 0.199 e. The van der Waals surface area contributed by atoms with Gasteiger partial charge in [-0.05, 0) is 0 Å². The van der Waals surface area contributed by atoms with E-state index in [2.05, 4.69) is 5.10 Å². The van der Waals surface area contributed by atoms with E-state index >= 15 is 0 Å². The van der Waals surface area contributed by atoms with Crippen LogP contribution in [0.5, 0.6) is 0 Å². The second-order valence-corrected chi connectivity index (χ2v) is 1.86. The van der Waals surface area contributed by atoms with Gasteiger partial charge in [0, 0.05) is 6.07 Å². The van der Waals surface area contributed by atoms with E-state index in [0.29, 0.717) is 6.20 Å². The van der Waals surface area contributed by atoms with Crippen LogP contribution < -0.4 is 0 Å². The van der Waals surface area contributed by atoms with Gasteiger partial charge in [-0.25, -0.2) is 0 Å². The summed E-state index contributed by atoms with van der Waals surface area (Å²) in [6.45, 7) is -3.30. The molecule has 0 aliphatic heterocycles. The maximum Gasteiger partial charge on any atom is 0.433 e. The fourth-order valence-electron chi connectivity index (χ4n) is 0.636. The number of aromatic nitrogens is 2. The minimum atomic E-state index is -4.84. The lowest BCUT2D eigenvalue weighted by Crippen LogP contribution is -2.15. The summed E-state index contributed by atoms with van der Waals surface area (Å²) >= 11 is 0. The lowest BCUT2D eigenvalue weighted by molar-refractivity contribution is -0.150. The summed E-state index contributed by atoms with van der Waals surface area (Å²) in [6.07, 6.45) is -4.29. The molecule has 2 nitrogen and oxygen atoms in total. The molecular formula is C5H2F5N2. The highest BCUT2D eigenvalue weighted by atomic mass is 19.4. The molecule has 1 aromatic heterocycles. The molecular weight excluding hydrogens is 183 g/mol. The number of nitrogens with zero attached hydrogens (tertiary/aromatic N) is 2. The van der Waals surface area contributed by atoms with Crippen molar-refractivity contribution in [3.63, 3.8) is 0 Å². The van der Waals surface area contributed by atoms with E-state index in [1.165, 1.54) is 0 Å². The largest absolute Gasteiger partial charge is 0.433 e. The molecule has 1 heterocycles. The molecule has 0 N–H and O–H groups in total. The Morgan fingerprint density at radius 1 is 1.42 bits per heavy atom. The summed E-state index contributed by atoms with van der Waals surface area (Å²) in [5.41, 5.74) is -1.57. The van der Waals surface area contributed by atoms with Crippen molar-refractivity contribution in [2.24, 2.45) is 0 Å². The Bertz CT molecular complexity index is 263. The third kappa shape index (κ3) is 1.54. The fraction of sp³-hybridized carbons (Fsp3) is 0.400. The molecule has 12 heavy (non-hydrogen) atoms. The Hall–Kier alpha value is -1.14. The van der Waals surface area contributed by atoms with Crippen LogP contribution in [0.1, 0.15) is 12.2 Å². The standard InChI is InChI=1S/C5H2F5N2/c6-4(7)12-3(1-2-11-12)5(8,9)10/h2,4H. The van der Waals surface area contributed by atoms with Crippen molar-refractivity contribution in [3.05, 3.63) is 18.0 Å². The van der Waals surface area contributed by atoms with Crippen LogP contribution in [-0.4, -0.2) is 9.78 Å². The molecule has 0 fully saturated rings. The first-order chi connectivity index (χ1) is 5.43. The average Bonchev–Trinajstić information content (AvgIpc) is 2.30. The quantitative estimate of drug-likeness (QED) is 0.612. The van der Waals surface area contributed by atoms with Crippen LogP contribution in [0.3, 0.4) is 0 Å². The van der Waals surface area contributed by atoms with Gasteiger partial charge in [0.25, 0.3) is 0 Å². The van der Waals surface area contributed by atoms with Gasteiger partial charge >= 0.3 is 12.7 Å². The lowest BCUT2D eigenvalue weighted by atomic mass is 10.4. The monoisotopic (exact) mass is 185 g/mol. The molecule has 67 valence electrons. The minimum absolute atomic E-state index is 0.431. The van der Waals surface area contributed by atoms with Crippen molar-refractivity contribution in [1.29, 1.82) is 0 Å². The number of hydrogen-bond acceptors (Lipinski definition) is 1. The van der Waals surface area contributed by atoms with Gasteiger partial charge in [-0.15, -0.1) is 0 Å². The van der Waals surface area contributed by atoms with Gasteiger partial charge in [-0.3, -0.25) is 0 Å². The Morgan fingerprint density at radius 2 is 2.00 bits per heavy atom. The van der Waals surface area contributed by atoms with Crippen LogP contribution in [0, 0.1) is 6.07 Å². The zero-order valence-electron chi connectivity index (χ0n) is 5.44. The van der Waals surface area contributed by atoms with Gasteiger partial charge < -0.3 is 0 Å². The molecule has 0 saturated heterocycles. The summed E-state index contributed by atoms with van der Waals surface area (Å²) in [5, 5.41) is 2.77. The summed E-state index contributed by atoms with van der Waals surface area (Å²) in [5.74, 6) is 0. The maximum atomic E-state index is 11.8. The molecule has 1 rings (SSSR count). The first-order valence-electron chi connectivity index (χ1n) is 2.73. The molecule has 0 bridgehead atoms. The van der Waals surface area contributed by atoms with E-state index < -0.39 is 23.1 Å². The van der Waals surface area contributed by atoms with Crippen molar-refractivity contribution >= 4 is 0 Å². The SMILES string of the molecule is FC(F)n1nc[c]c1C(F)(F)F. The number of rotatable bonds is 1. The van der Waals surface area contributed by atoms with E-state index in [1.54, 1.807) is 6.07 Å². The molecule has 0 unspecified atom stereocenters. The summed E-state index contributed by atoms with van der Waals surface area (Å²) in [4.78, 5) is 0. The molecule has 1 radical (unpaired) electrons. The van der Waals surface area contributed by atoms with Crippen molar-refractivity contribution in [3.8, 4) is 0 Å². The van der Waals surface area contributed by atoms with Gasteiger partial charge in [0.2, 0.25) is 0 Å². The van der Waals surface area contributed by atoms with Crippen molar-refractivity contribution in [1.82, 2.24) is 9.78 Å². The molecule has 0 spiro atoms. The molecule has 0 amide bonds. The number of halogens is 5. The fourth-order valence-corrected chi connectivity index (χ4v) is 0.636. The Labute approximate surface area is 63.6 Å². The van der Waals surface area contributed by atoms with Gasteiger partial charge in [0.05, 0.1) is 6.20 Å². The number of alkyl halides is 5. The molecule has 7 heteroatoms. The van der Waals surface area contributed by atoms with Crippen LogP contribution in [0.25, 0.3) is 0 Å². The predicted molar refractivity (Wildman–Crippen MR) is 27.3 cm³/mol. The van der Waals surface area contributed by atoms with Crippen molar-refractivity contribution in [2.45, 2.75) is 12.7 Å². The van der Waals surface area contributed by atoms with E-state index in [0.717, 1.165) is 0 Å². The Balaban J connectivity index is 3.08. The van der Waals surface area contributed by atoms with Gasteiger partial charge in [-0.1, -0.05) is 0 Å². The molecule has 0 aliphatic rings. The highest BCUT2D eigenvalue weighted by Crippen LogP contribution is 2.30. The van der Waals surface area contributed by atoms with E-state index in [1.807, 2.05) is 0 Å². The van der Waals surface area contributed by atoms with E-state index in [4.69, 9.17) is 0 Å². The Morgan fingerprint density at radius 3 is 2.33 bits per heavy atom. The third-order valence-electron chi connectivity index (χ3n) is 1.07. The summed E-state index contributed by atoms with van der Waals surface area (Å²) in [6, 6.07) is 1.57. The predicted octanol–water partition coefficient (Wildman–Crippen LogP) is 2.10. The highest BCUT2D eigenvalue weighted by Gasteiger charge is 2.36. The molecule has 1 aromatic rings. The molecule has 0 atom stereocenters. The van der Waals surface area contributed by atoms with Gasteiger partial charge in [-0.2, -0.15) is 31.7 Å². The number of hydrogen-bond donors (Lipinski definition) is 0. The van der Waals surface area contributed by atoms with Gasteiger partial charge in [0.15, 0.2) is 5.69 Å². The topological polar surface area (TPSA) is 17.8 Å². The first-order valence-corrected chi connectivity index (χ1v) is 2.73. The zero-order chi connectivity index (χ0) is 9.35. The van der Waals surface area contributed by atoms with Crippen LogP contribution in [-0.2, 0) is 6.18 Å². The summed E-state index contributed by atoms with van der Waals surface area (Å²) < 4.78 is 58.6. The lowest BCUT2D eigenvalue weighted by Gasteiger charge is -2.07. The van der Waals surface area contributed by atoms with Gasteiger partial charge in [0.1, 0.15) is 0 Å².